The molecule has 1 aromatic heterocycles. The summed E-state index contributed by atoms with van der Waals surface area (Å²) in [5, 5.41) is 5.25. The van der Waals surface area contributed by atoms with E-state index in [1.807, 2.05) is 56.5 Å². The van der Waals surface area contributed by atoms with Crippen LogP contribution in [0.5, 0.6) is 0 Å². The molecule has 1 aliphatic heterocycles. The minimum atomic E-state index is -0.608. The minimum Gasteiger partial charge on any atom is -0.346 e. The van der Waals surface area contributed by atoms with Gasteiger partial charge in [-0.2, -0.15) is 0 Å². The van der Waals surface area contributed by atoms with E-state index in [2.05, 4.69) is 31.5 Å². The van der Waals surface area contributed by atoms with Crippen LogP contribution in [0.2, 0.25) is 0 Å². The standard InChI is InChI=1S/C20H24BrN5O2/c1-12(2)17(25-20(28)22-3)19(27)26-10-4-5-16(26)18-23-11-15(24-18)13-6-8-14(21)9-7-13/h4-9,11-12,16-17H,10H2,1-3H3,(H,23,24)(H2,22,25,28)/t16-,17?/m0/s1. The minimum absolute atomic E-state index is 0.0408. The highest BCUT2D eigenvalue weighted by molar-refractivity contribution is 9.10. The lowest BCUT2D eigenvalue weighted by molar-refractivity contribution is -0.134. The smallest absolute Gasteiger partial charge is 0.315 e. The van der Waals surface area contributed by atoms with Gasteiger partial charge in [-0.1, -0.05) is 54.1 Å². The zero-order chi connectivity index (χ0) is 20.3. The molecule has 1 aliphatic rings. The van der Waals surface area contributed by atoms with Gasteiger partial charge in [-0.3, -0.25) is 4.79 Å². The maximum atomic E-state index is 13.1. The average Bonchev–Trinajstić information content (AvgIpc) is 3.34. The molecule has 148 valence electrons. The number of hydrogen-bond donors (Lipinski definition) is 3. The van der Waals surface area contributed by atoms with Crippen molar-refractivity contribution >= 4 is 27.9 Å². The van der Waals surface area contributed by atoms with Crippen LogP contribution in [0.1, 0.15) is 25.7 Å². The fraction of sp³-hybridized carbons (Fsp3) is 0.350. The number of H-pyrrole nitrogens is 1. The molecule has 0 bridgehead atoms. The van der Waals surface area contributed by atoms with Gasteiger partial charge in [-0.05, 0) is 18.1 Å². The number of urea groups is 1. The molecule has 2 atom stereocenters. The van der Waals surface area contributed by atoms with E-state index in [-0.39, 0.29) is 23.9 Å². The van der Waals surface area contributed by atoms with E-state index in [1.165, 1.54) is 7.05 Å². The van der Waals surface area contributed by atoms with Crippen molar-refractivity contribution in [2.75, 3.05) is 13.6 Å². The number of imidazole rings is 1. The highest BCUT2D eigenvalue weighted by Gasteiger charge is 2.35. The van der Waals surface area contributed by atoms with E-state index < -0.39 is 6.04 Å². The van der Waals surface area contributed by atoms with E-state index in [1.54, 1.807) is 4.90 Å². The molecule has 0 radical (unpaired) electrons. The van der Waals surface area contributed by atoms with Gasteiger partial charge < -0.3 is 20.5 Å². The van der Waals surface area contributed by atoms with Crippen LogP contribution in [0.3, 0.4) is 0 Å². The van der Waals surface area contributed by atoms with Gasteiger partial charge in [0.2, 0.25) is 5.91 Å². The van der Waals surface area contributed by atoms with E-state index in [0.29, 0.717) is 12.4 Å². The normalized spacial score (nSPS) is 17.0. The van der Waals surface area contributed by atoms with Crippen LogP contribution in [0, 0.1) is 5.92 Å². The summed E-state index contributed by atoms with van der Waals surface area (Å²) in [6.45, 7) is 4.31. The number of halogens is 1. The van der Waals surface area contributed by atoms with Gasteiger partial charge in [0.1, 0.15) is 17.9 Å². The molecule has 8 heteroatoms. The van der Waals surface area contributed by atoms with Crippen LogP contribution in [-0.4, -0.2) is 46.4 Å². The number of nitrogens with one attached hydrogen (secondary N) is 3. The molecule has 3 amide bonds. The molecule has 0 aliphatic carbocycles. The Kier molecular flexibility index (Phi) is 6.18. The second kappa shape index (κ2) is 8.60. The van der Waals surface area contributed by atoms with E-state index in [9.17, 15) is 9.59 Å². The van der Waals surface area contributed by atoms with E-state index in [4.69, 9.17) is 4.98 Å². The molecule has 2 aromatic rings. The maximum absolute atomic E-state index is 13.1. The van der Waals surface area contributed by atoms with Crippen LogP contribution in [0.15, 0.2) is 47.1 Å². The van der Waals surface area contributed by atoms with Crippen molar-refractivity contribution in [3.63, 3.8) is 0 Å². The Morgan fingerprint density at radius 2 is 2.00 bits per heavy atom. The molecule has 0 saturated carbocycles. The summed E-state index contributed by atoms with van der Waals surface area (Å²) < 4.78 is 1.01. The summed E-state index contributed by atoms with van der Waals surface area (Å²) in [6, 6.07) is 6.64. The van der Waals surface area contributed by atoms with Crippen LogP contribution in [-0.2, 0) is 4.79 Å². The molecule has 3 N–H and O–H groups in total. The Morgan fingerprint density at radius 1 is 1.29 bits per heavy atom. The molecular weight excluding hydrogens is 422 g/mol. The molecule has 3 rings (SSSR count). The topological polar surface area (TPSA) is 90.1 Å². The number of carbonyl (C=O) groups excluding carboxylic acids is 2. The highest BCUT2D eigenvalue weighted by atomic mass is 79.9. The van der Waals surface area contributed by atoms with Crippen molar-refractivity contribution in [3.05, 3.63) is 52.9 Å². The predicted molar refractivity (Wildman–Crippen MR) is 112 cm³/mol. The van der Waals surface area contributed by atoms with E-state index >= 15 is 0 Å². The summed E-state index contributed by atoms with van der Waals surface area (Å²) >= 11 is 3.43. The number of rotatable bonds is 5. The largest absolute Gasteiger partial charge is 0.346 e. The van der Waals surface area contributed by atoms with Gasteiger partial charge >= 0.3 is 6.03 Å². The Labute approximate surface area is 172 Å². The second-order valence-corrected chi connectivity index (χ2v) is 7.90. The zero-order valence-corrected chi connectivity index (χ0v) is 17.7. The SMILES string of the molecule is CNC(=O)NC(C(=O)N1CC=C[C@H]1c1nc(-c2ccc(Br)cc2)c[nH]1)C(C)C. The number of nitrogens with zero attached hydrogens (tertiary/aromatic N) is 2. The molecule has 1 aromatic carbocycles. The Balaban J connectivity index is 1.80. The molecule has 0 spiro atoms. The first-order valence-electron chi connectivity index (χ1n) is 9.17. The first-order valence-corrected chi connectivity index (χ1v) is 9.96. The summed E-state index contributed by atoms with van der Waals surface area (Å²) in [5.74, 6) is 0.527. The third-order valence-corrected chi connectivity index (χ3v) is 5.23. The Bertz CT molecular complexity index is 875. The number of amides is 3. The lowest BCUT2D eigenvalue weighted by Crippen LogP contribution is -2.53. The fourth-order valence-electron chi connectivity index (χ4n) is 3.15. The maximum Gasteiger partial charge on any atom is 0.315 e. The third kappa shape index (κ3) is 4.27. The average molecular weight is 446 g/mol. The zero-order valence-electron chi connectivity index (χ0n) is 16.1. The summed E-state index contributed by atoms with van der Waals surface area (Å²) in [6.07, 6.45) is 5.75. The molecule has 0 fully saturated rings. The number of hydrogen-bond acceptors (Lipinski definition) is 3. The first kappa shape index (κ1) is 20.1. The fourth-order valence-corrected chi connectivity index (χ4v) is 3.41. The van der Waals surface area contributed by atoms with E-state index in [0.717, 1.165) is 15.7 Å². The summed E-state index contributed by atoms with van der Waals surface area (Å²) in [7, 11) is 1.53. The summed E-state index contributed by atoms with van der Waals surface area (Å²) in [5.41, 5.74) is 1.81. The monoisotopic (exact) mass is 445 g/mol. The van der Waals surface area contributed by atoms with Gasteiger partial charge in [-0.15, -0.1) is 0 Å². The van der Waals surface area contributed by atoms with Crippen molar-refractivity contribution in [1.82, 2.24) is 25.5 Å². The second-order valence-electron chi connectivity index (χ2n) is 6.99. The Morgan fingerprint density at radius 3 is 2.64 bits per heavy atom. The van der Waals surface area contributed by atoms with Crippen LogP contribution < -0.4 is 10.6 Å². The lowest BCUT2D eigenvalue weighted by Gasteiger charge is -2.30. The number of aromatic nitrogens is 2. The van der Waals surface area contributed by atoms with Gasteiger partial charge in [0, 0.05) is 29.8 Å². The van der Waals surface area contributed by atoms with Crippen LogP contribution >= 0.6 is 15.9 Å². The van der Waals surface area contributed by atoms with Crippen LogP contribution in [0.4, 0.5) is 4.79 Å². The first-order chi connectivity index (χ1) is 13.4. The molecule has 0 saturated heterocycles. The number of carbonyl (C=O) groups is 2. The lowest BCUT2D eigenvalue weighted by atomic mass is 10.0. The quantitative estimate of drug-likeness (QED) is 0.616. The van der Waals surface area contributed by atoms with Crippen molar-refractivity contribution in [1.29, 1.82) is 0 Å². The molecular formula is C20H24BrN5O2. The van der Waals surface area contributed by atoms with Gasteiger partial charge in [0.15, 0.2) is 0 Å². The molecule has 1 unspecified atom stereocenters. The number of aromatic amines is 1. The van der Waals surface area contributed by atoms with Crippen LogP contribution in [0.25, 0.3) is 11.3 Å². The van der Waals surface area contributed by atoms with Gasteiger partial charge in [-0.25, -0.2) is 9.78 Å². The predicted octanol–water partition coefficient (Wildman–Crippen LogP) is 3.23. The number of benzene rings is 1. The van der Waals surface area contributed by atoms with Crippen molar-refractivity contribution < 1.29 is 9.59 Å². The van der Waals surface area contributed by atoms with Gasteiger partial charge in [0.05, 0.1) is 5.69 Å². The Hall–Kier alpha value is -2.61. The van der Waals surface area contributed by atoms with Crippen molar-refractivity contribution in [2.45, 2.75) is 25.9 Å². The highest BCUT2D eigenvalue weighted by Crippen LogP contribution is 2.28. The van der Waals surface area contributed by atoms with Crippen molar-refractivity contribution in [2.24, 2.45) is 5.92 Å². The third-order valence-electron chi connectivity index (χ3n) is 4.70. The molecule has 28 heavy (non-hydrogen) atoms. The summed E-state index contributed by atoms with van der Waals surface area (Å²) in [4.78, 5) is 34.5. The molecule has 7 nitrogen and oxygen atoms in total. The van der Waals surface area contributed by atoms with Crippen molar-refractivity contribution in [3.8, 4) is 11.3 Å². The molecule has 2 heterocycles. The van der Waals surface area contributed by atoms with Gasteiger partial charge in [0.25, 0.3) is 0 Å².